The van der Waals surface area contributed by atoms with E-state index >= 15 is 0 Å². The number of nitrogens with two attached hydrogens (primary N) is 1. The molecule has 1 aromatic rings. The maximum atomic E-state index is 13.6. The number of carbonyl (C=O) groups is 2. The van der Waals surface area contributed by atoms with Gasteiger partial charge in [-0.1, -0.05) is 37.0 Å². The summed E-state index contributed by atoms with van der Waals surface area (Å²) in [6.07, 6.45) is -12.0. The fraction of sp³-hybridized carbons (Fsp3) is 0.500. The number of hydrazine groups is 1. The lowest BCUT2D eigenvalue weighted by molar-refractivity contribution is -0.239. The van der Waals surface area contributed by atoms with Crippen LogP contribution in [0.2, 0.25) is 10.0 Å². The highest BCUT2D eigenvalue weighted by Gasteiger charge is 2.53. The van der Waals surface area contributed by atoms with Gasteiger partial charge in [0.05, 0.1) is 10.0 Å². The Bertz CT molecular complexity index is 757. The maximum Gasteiger partial charge on any atom is 0.410 e. The first-order chi connectivity index (χ1) is 13.2. The van der Waals surface area contributed by atoms with Gasteiger partial charge in [0.2, 0.25) is 0 Å². The van der Waals surface area contributed by atoms with Gasteiger partial charge < -0.3 is 5.73 Å². The lowest BCUT2D eigenvalue weighted by Crippen LogP contribution is -2.65. The molecular weight excluding hydrogens is 451 g/mol. The molecule has 2 unspecified atom stereocenters. The molecule has 0 saturated carbocycles. The largest absolute Gasteiger partial charge is 0.410 e. The summed E-state index contributed by atoms with van der Waals surface area (Å²) >= 11 is 11.5. The van der Waals surface area contributed by atoms with Crippen molar-refractivity contribution in [1.29, 1.82) is 0 Å². The third-order valence-corrected chi connectivity index (χ3v) is 4.69. The van der Waals surface area contributed by atoms with Crippen LogP contribution < -0.4 is 5.73 Å². The summed E-state index contributed by atoms with van der Waals surface area (Å²) in [5.74, 6) is -1.55. The SMILES string of the molecule is CCC(N(C(N)=O)N(C(=O)c1ccc(Cl)c(Cl)c1)C(CC)C(F)(F)F)C(F)(F)F. The summed E-state index contributed by atoms with van der Waals surface area (Å²) in [6.45, 7) is 1.99. The topological polar surface area (TPSA) is 66.6 Å². The Morgan fingerprint density at radius 3 is 1.72 bits per heavy atom. The lowest BCUT2D eigenvalue weighted by atomic mass is 10.1. The van der Waals surface area contributed by atoms with Gasteiger partial charge in [0, 0.05) is 5.56 Å². The molecule has 5 nitrogen and oxygen atoms in total. The Morgan fingerprint density at radius 1 is 0.931 bits per heavy atom. The van der Waals surface area contributed by atoms with Gasteiger partial charge in [-0.3, -0.25) is 4.79 Å². The zero-order valence-corrected chi connectivity index (χ0v) is 16.6. The molecule has 13 heteroatoms. The summed E-state index contributed by atoms with van der Waals surface area (Å²) in [5, 5.41) is -0.951. The lowest BCUT2D eigenvalue weighted by Gasteiger charge is -2.43. The molecular formula is C16H17Cl2F6N3O2. The second-order valence-corrected chi connectivity index (χ2v) is 6.71. The molecule has 164 valence electrons. The molecule has 1 aromatic carbocycles. The monoisotopic (exact) mass is 467 g/mol. The number of primary amides is 1. The maximum absolute atomic E-state index is 13.6. The first kappa shape index (κ1) is 25.2. The van der Waals surface area contributed by atoms with Crippen molar-refractivity contribution in [3.63, 3.8) is 0 Å². The van der Waals surface area contributed by atoms with E-state index in [4.69, 9.17) is 28.9 Å². The molecule has 3 amide bonds. The molecule has 0 bridgehead atoms. The second kappa shape index (κ2) is 9.29. The van der Waals surface area contributed by atoms with E-state index in [9.17, 15) is 35.9 Å². The van der Waals surface area contributed by atoms with Crippen LogP contribution in [0.4, 0.5) is 31.1 Å². The van der Waals surface area contributed by atoms with Gasteiger partial charge >= 0.3 is 18.4 Å². The smallest absolute Gasteiger partial charge is 0.350 e. The molecule has 0 radical (unpaired) electrons. The average molecular weight is 468 g/mol. The van der Waals surface area contributed by atoms with E-state index in [-0.39, 0.29) is 15.1 Å². The van der Waals surface area contributed by atoms with Crippen molar-refractivity contribution < 1.29 is 35.9 Å². The summed E-state index contributed by atoms with van der Waals surface area (Å²) < 4.78 is 81.0. The van der Waals surface area contributed by atoms with E-state index in [1.807, 2.05) is 0 Å². The number of benzene rings is 1. The molecule has 1 rings (SSSR count). The first-order valence-electron chi connectivity index (χ1n) is 8.17. The third kappa shape index (κ3) is 5.81. The molecule has 0 aliphatic carbocycles. The van der Waals surface area contributed by atoms with Crippen molar-refractivity contribution in [3.05, 3.63) is 33.8 Å². The predicted octanol–water partition coefficient (Wildman–Crippen LogP) is 5.41. The van der Waals surface area contributed by atoms with Crippen LogP contribution in [0.25, 0.3) is 0 Å². The summed E-state index contributed by atoms with van der Waals surface area (Å²) in [6, 6.07) is -4.45. The number of hydrogen-bond acceptors (Lipinski definition) is 2. The van der Waals surface area contributed by atoms with Gasteiger partial charge in [0.1, 0.15) is 6.04 Å². The predicted molar refractivity (Wildman–Crippen MR) is 94.3 cm³/mol. The van der Waals surface area contributed by atoms with Crippen LogP contribution in [0.1, 0.15) is 37.0 Å². The van der Waals surface area contributed by atoms with Crippen molar-refractivity contribution >= 4 is 35.1 Å². The zero-order valence-electron chi connectivity index (χ0n) is 15.1. The van der Waals surface area contributed by atoms with E-state index in [2.05, 4.69) is 0 Å². The number of halogens is 8. The van der Waals surface area contributed by atoms with Crippen LogP contribution >= 0.6 is 23.2 Å². The summed E-state index contributed by atoms with van der Waals surface area (Å²) in [5.41, 5.74) is 4.49. The van der Waals surface area contributed by atoms with Crippen LogP contribution in [-0.2, 0) is 0 Å². The van der Waals surface area contributed by atoms with Crippen molar-refractivity contribution in [1.82, 2.24) is 10.0 Å². The Hall–Kier alpha value is -1.88. The van der Waals surface area contributed by atoms with E-state index in [0.717, 1.165) is 32.0 Å². The highest BCUT2D eigenvalue weighted by atomic mass is 35.5. The Morgan fingerprint density at radius 2 is 1.38 bits per heavy atom. The summed E-state index contributed by atoms with van der Waals surface area (Å²) in [4.78, 5) is 24.7. The molecule has 0 aliphatic heterocycles. The number of carbonyl (C=O) groups excluding carboxylic acids is 2. The number of nitrogens with zero attached hydrogens (tertiary/aromatic N) is 2. The Balaban J connectivity index is 3.70. The Kier molecular flexibility index (Phi) is 8.06. The molecule has 2 N–H and O–H groups in total. The van der Waals surface area contributed by atoms with E-state index in [1.165, 1.54) is 0 Å². The minimum Gasteiger partial charge on any atom is -0.350 e. The molecule has 0 aromatic heterocycles. The molecule has 0 saturated heterocycles. The van der Waals surface area contributed by atoms with Crippen LogP contribution in [0.5, 0.6) is 0 Å². The van der Waals surface area contributed by atoms with Crippen LogP contribution in [0.15, 0.2) is 18.2 Å². The van der Waals surface area contributed by atoms with E-state index in [1.54, 1.807) is 0 Å². The van der Waals surface area contributed by atoms with Crippen LogP contribution in [-0.4, -0.2) is 46.4 Å². The minimum absolute atomic E-state index is 0.0360. The molecule has 2 atom stereocenters. The number of rotatable bonds is 5. The summed E-state index contributed by atoms with van der Waals surface area (Å²) in [7, 11) is 0. The normalized spacial score (nSPS) is 14.3. The molecule has 0 heterocycles. The first-order valence-corrected chi connectivity index (χ1v) is 8.92. The van der Waals surface area contributed by atoms with Crippen molar-refractivity contribution in [2.75, 3.05) is 0 Å². The molecule has 29 heavy (non-hydrogen) atoms. The van der Waals surface area contributed by atoms with Gasteiger partial charge in [-0.25, -0.2) is 14.8 Å². The number of hydrogen-bond donors (Lipinski definition) is 1. The Labute approximate surface area is 172 Å². The van der Waals surface area contributed by atoms with E-state index < -0.39 is 59.8 Å². The standard InChI is InChI=1S/C16H17Cl2F6N3O2/c1-3-11(15(19,20)21)26(13(28)8-5-6-9(17)10(18)7-8)27(14(25)29)12(4-2)16(22,23)24/h5-7,11-12H,3-4H2,1-2H3,(H2,25,29). The quantitative estimate of drug-likeness (QED) is 0.464. The van der Waals surface area contributed by atoms with Gasteiger partial charge in [0.25, 0.3) is 5.91 Å². The molecule has 0 spiro atoms. The van der Waals surface area contributed by atoms with Gasteiger partial charge in [-0.2, -0.15) is 26.3 Å². The fourth-order valence-electron chi connectivity index (χ4n) is 2.65. The van der Waals surface area contributed by atoms with E-state index in [0.29, 0.717) is 0 Å². The van der Waals surface area contributed by atoms with Gasteiger partial charge in [0.15, 0.2) is 6.04 Å². The van der Waals surface area contributed by atoms with Crippen molar-refractivity contribution in [2.45, 2.75) is 51.1 Å². The third-order valence-electron chi connectivity index (χ3n) is 3.95. The van der Waals surface area contributed by atoms with Crippen LogP contribution in [0.3, 0.4) is 0 Å². The zero-order chi connectivity index (χ0) is 22.7. The highest BCUT2D eigenvalue weighted by Crippen LogP contribution is 2.35. The molecule has 0 aliphatic rings. The fourth-order valence-corrected chi connectivity index (χ4v) is 2.95. The van der Waals surface area contributed by atoms with Crippen molar-refractivity contribution in [3.8, 4) is 0 Å². The number of urea groups is 1. The number of amides is 3. The van der Waals surface area contributed by atoms with Crippen molar-refractivity contribution in [2.24, 2.45) is 5.73 Å². The van der Waals surface area contributed by atoms with Gasteiger partial charge in [-0.15, -0.1) is 0 Å². The van der Waals surface area contributed by atoms with Crippen LogP contribution in [0, 0.1) is 0 Å². The average Bonchev–Trinajstić information content (AvgIpc) is 2.57. The second-order valence-electron chi connectivity index (χ2n) is 5.89. The highest BCUT2D eigenvalue weighted by molar-refractivity contribution is 6.42. The minimum atomic E-state index is -5.15. The van der Waals surface area contributed by atoms with Gasteiger partial charge in [-0.05, 0) is 31.0 Å². The molecule has 0 fully saturated rings. The number of alkyl halides is 6.